The fourth-order valence-corrected chi connectivity index (χ4v) is 1.62. The monoisotopic (exact) mass is 269 g/mol. The summed E-state index contributed by atoms with van der Waals surface area (Å²) in [7, 11) is 0. The van der Waals surface area contributed by atoms with Crippen LogP contribution >= 0.6 is 22.6 Å². The van der Waals surface area contributed by atoms with Crippen molar-refractivity contribution in [3.63, 3.8) is 0 Å². The summed E-state index contributed by atoms with van der Waals surface area (Å²) in [6.45, 7) is 0. The van der Waals surface area contributed by atoms with E-state index in [0.29, 0.717) is 5.56 Å². The van der Waals surface area contributed by atoms with Gasteiger partial charge in [-0.25, -0.2) is 0 Å². The van der Waals surface area contributed by atoms with E-state index in [2.05, 4.69) is 32.6 Å². The van der Waals surface area contributed by atoms with Crippen LogP contribution in [-0.4, -0.2) is 9.97 Å². The van der Waals surface area contributed by atoms with Gasteiger partial charge in [-0.1, -0.05) is 0 Å². The average Bonchev–Trinajstić information content (AvgIpc) is 2.47. The minimum absolute atomic E-state index is 0.584. The number of nitrogens with zero attached hydrogens (tertiary/aromatic N) is 2. The van der Waals surface area contributed by atoms with E-state index in [1.807, 2.05) is 12.3 Å². The van der Waals surface area contributed by atoms with Gasteiger partial charge in [-0.15, -0.1) is 0 Å². The van der Waals surface area contributed by atoms with E-state index < -0.39 is 0 Å². The molecule has 2 heterocycles. The first-order valence-electron chi connectivity index (χ1n) is 3.34. The highest BCUT2D eigenvalue weighted by molar-refractivity contribution is 14.1. The molecule has 0 unspecified atom stereocenters. The Morgan fingerprint density at radius 1 is 1.58 bits per heavy atom. The minimum Gasteiger partial charge on any atom is -0.359 e. The molecule has 2 aromatic heterocycles. The lowest BCUT2D eigenvalue weighted by atomic mass is 10.3. The van der Waals surface area contributed by atoms with Gasteiger partial charge in [-0.2, -0.15) is 5.26 Å². The third-order valence-corrected chi connectivity index (χ3v) is 2.42. The van der Waals surface area contributed by atoms with Gasteiger partial charge in [0.1, 0.15) is 11.6 Å². The van der Waals surface area contributed by atoms with Crippen LogP contribution in [0.25, 0.3) is 11.0 Å². The summed E-state index contributed by atoms with van der Waals surface area (Å²) >= 11 is 2.20. The highest BCUT2D eigenvalue weighted by atomic mass is 127. The minimum atomic E-state index is 0.584. The normalized spacial score (nSPS) is 10.0. The van der Waals surface area contributed by atoms with Crippen molar-refractivity contribution in [1.29, 1.82) is 5.26 Å². The van der Waals surface area contributed by atoms with Crippen molar-refractivity contribution in [2.45, 2.75) is 0 Å². The lowest BCUT2D eigenvalue weighted by Gasteiger charge is -1.89. The molecule has 0 atom stereocenters. The first-order valence-corrected chi connectivity index (χ1v) is 4.42. The van der Waals surface area contributed by atoms with Gasteiger partial charge in [0.2, 0.25) is 0 Å². The molecule has 3 nitrogen and oxygen atoms in total. The van der Waals surface area contributed by atoms with Crippen LogP contribution < -0.4 is 0 Å². The maximum atomic E-state index is 8.60. The Labute approximate surface area is 82.6 Å². The Bertz CT molecular complexity index is 467. The van der Waals surface area contributed by atoms with E-state index in [0.717, 1.165) is 14.6 Å². The molecule has 0 aliphatic carbocycles. The van der Waals surface area contributed by atoms with Crippen LogP contribution in [0.1, 0.15) is 5.56 Å². The highest BCUT2D eigenvalue weighted by Gasteiger charge is 2.01. The third-order valence-electron chi connectivity index (χ3n) is 1.60. The Morgan fingerprint density at radius 2 is 2.42 bits per heavy atom. The number of rotatable bonds is 0. The lowest BCUT2D eigenvalue weighted by molar-refractivity contribution is 1.36. The molecule has 58 valence electrons. The zero-order valence-corrected chi connectivity index (χ0v) is 8.16. The molecule has 0 aliphatic rings. The number of nitriles is 1. The molecular weight excluding hydrogens is 265 g/mol. The molecule has 0 radical (unpaired) electrons. The molecule has 0 amide bonds. The van der Waals surface area contributed by atoms with Gasteiger partial charge in [0.25, 0.3) is 0 Å². The second-order valence-corrected chi connectivity index (χ2v) is 3.53. The van der Waals surface area contributed by atoms with E-state index >= 15 is 0 Å². The van der Waals surface area contributed by atoms with E-state index in [4.69, 9.17) is 5.26 Å². The number of H-pyrrole nitrogens is 1. The van der Waals surface area contributed by atoms with E-state index in [-0.39, 0.29) is 0 Å². The predicted molar refractivity (Wildman–Crippen MR) is 53.5 cm³/mol. The van der Waals surface area contributed by atoms with Crippen LogP contribution in [0.3, 0.4) is 0 Å². The standard InChI is InChI=1S/C8H4IN3/c9-6-4-11-7-1-5(2-10)3-12-8(6)7/h1,3-4,11H. The van der Waals surface area contributed by atoms with E-state index in [1.165, 1.54) is 0 Å². The fraction of sp³-hybridized carbons (Fsp3) is 0. The third kappa shape index (κ3) is 1.06. The van der Waals surface area contributed by atoms with E-state index in [1.54, 1.807) is 12.3 Å². The number of nitrogens with one attached hydrogen (secondary N) is 1. The van der Waals surface area contributed by atoms with Gasteiger partial charge in [0.15, 0.2) is 0 Å². The first kappa shape index (κ1) is 7.55. The van der Waals surface area contributed by atoms with Crippen LogP contribution in [-0.2, 0) is 0 Å². The molecular formula is C8H4IN3. The molecule has 0 spiro atoms. The summed E-state index contributed by atoms with van der Waals surface area (Å²) < 4.78 is 1.08. The maximum absolute atomic E-state index is 8.60. The summed E-state index contributed by atoms with van der Waals surface area (Å²) in [5, 5.41) is 8.60. The molecule has 12 heavy (non-hydrogen) atoms. The van der Waals surface area contributed by atoms with Crippen LogP contribution in [0.4, 0.5) is 0 Å². The van der Waals surface area contributed by atoms with Gasteiger partial charge in [-0.05, 0) is 28.7 Å². The van der Waals surface area contributed by atoms with Gasteiger partial charge in [0, 0.05) is 12.4 Å². The Morgan fingerprint density at radius 3 is 3.17 bits per heavy atom. The molecule has 0 saturated heterocycles. The van der Waals surface area contributed by atoms with Crippen LogP contribution in [0, 0.1) is 14.9 Å². The zero-order valence-electron chi connectivity index (χ0n) is 6.00. The number of pyridine rings is 1. The average molecular weight is 269 g/mol. The number of halogens is 1. The van der Waals surface area contributed by atoms with Crippen molar-refractivity contribution >= 4 is 33.6 Å². The summed E-state index contributed by atoms with van der Waals surface area (Å²) in [6, 6.07) is 3.84. The van der Waals surface area contributed by atoms with Crippen LogP contribution in [0.5, 0.6) is 0 Å². The largest absolute Gasteiger partial charge is 0.359 e. The summed E-state index contributed by atoms with van der Waals surface area (Å²) in [5.74, 6) is 0. The number of fused-ring (bicyclic) bond motifs is 1. The molecule has 1 N–H and O–H groups in total. The van der Waals surface area contributed by atoms with Crippen molar-refractivity contribution in [1.82, 2.24) is 9.97 Å². The molecule has 0 aromatic carbocycles. The lowest BCUT2D eigenvalue weighted by Crippen LogP contribution is -1.79. The first-order chi connectivity index (χ1) is 5.81. The van der Waals surface area contributed by atoms with Crippen molar-refractivity contribution in [2.75, 3.05) is 0 Å². The van der Waals surface area contributed by atoms with E-state index in [9.17, 15) is 0 Å². The molecule has 4 heteroatoms. The Balaban J connectivity index is 2.80. The number of hydrogen-bond donors (Lipinski definition) is 1. The quantitative estimate of drug-likeness (QED) is 0.744. The van der Waals surface area contributed by atoms with Crippen LogP contribution in [0.15, 0.2) is 18.5 Å². The molecule has 0 saturated carbocycles. The number of hydrogen-bond acceptors (Lipinski definition) is 2. The summed E-state index contributed by atoms with van der Waals surface area (Å²) in [4.78, 5) is 7.19. The number of aromatic nitrogens is 2. The van der Waals surface area contributed by atoms with Crippen molar-refractivity contribution < 1.29 is 0 Å². The SMILES string of the molecule is N#Cc1cnc2c(I)c[nH]c2c1. The fourth-order valence-electron chi connectivity index (χ4n) is 1.04. The molecule has 2 rings (SSSR count). The van der Waals surface area contributed by atoms with Crippen molar-refractivity contribution in [3.05, 3.63) is 27.6 Å². The molecule has 0 fully saturated rings. The van der Waals surface area contributed by atoms with Gasteiger partial charge >= 0.3 is 0 Å². The summed E-state index contributed by atoms with van der Waals surface area (Å²) in [5.41, 5.74) is 2.42. The summed E-state index contributed by atoms with van der Waals surface area (Å²) in [6.07, 6.45) is 3.46. The van der Waals surface area contributed by atoms with Gasteiger partial charge in [0.05, 0.1) is 14.7 Å². The molecule has 0 aliphatic heterocycles. The second kappa shape index (κ2) is 2.75. The van der Waals surface area contributed by atoms with Crippen molar-refractivity contribution in [2.24, 2.45) is 0 Å². The zero-order chi connectivity index (χ0) is 8.55. The smallest absolute Gasteiger partial charge is 0.101 e. The predicted octanol–water partition coefficient (Wildman–Crippen LogP) is 2.04. The van der Waals surface area contributed by atoms with Crippen LogP contribution in [0.2, 0.25) is 0 Å². The van der Waals surface area contributed by atoms with Gasteiger partial charge in [-0.3, -0.25) is 4.98 Å². The topological polar surface area (TPSA) is 52.5 Å². The maximum Gasteiger partial charge on any atom is 0.101 e. The van der Waals surface area contributed by atoms with Crippen molar-refractivity contribution in [3.8, 4) is 6.07 Å². The van der Waals surface area contributed by atoms with Gasteiger partial charge < -0.3 is 4.98 Å². The number of aromatic amines is 1. The molecule has 0 bridgehead atoms. The molecule has 2 aromatic rings. The highest BCUT2D eigenvalue weighted by Crippen LogP contribution is 2.17. The second-order valence-electron chi connectivity index (χ2n) is 2.37. The Hall–Kier alpha value is -1.09. The Kier molecular flexibility index (Phi) is 1.73.